The smallest absolute Gasteiger partial charge is 0.344 e. The van der Waals surface area contributed by atoms with Crippen LogP contribution < -0.4 is 10.4 Å². The van der Waals surface area contributed by atoms with Crippen LogP contribution in [0.2, 0.25) is 0 Å². The van der Waals surface area contributed by atoms with Gasteiger partial charge < -0.3 is 9.15 Å². The normalized spacial score (nSPS) is 15.0. The average molecular weight is 469 g/mol. The summed E-state index contributed by atoms with van der Waals surface area (Å²) in [4.78, 5) is 33.4. The number of nitro groups is 1. The van der Waals surface area contributed by atoms with Crippen molar-refractivity contribution in [1.82, 2.24) is 19.6 Å². The second kappa shape index (κ2) is 7.20. The Labute approximate surface area is 198 Å². The van der Waals surface area contributed by atoms with Crippen LogP contribution in [0, 0.1) is 10.1 Å². The molecule has 0 spiro atoms. The van der Waals surface area contributed by atoms with Crippen molar-refractivity contribution in [2.24, 2.45) is 0 Å². The molecular formula is C25H19N5O5. The molecule has 1 unspecified atom stereocenters. The highest BCUT2D eigenvalue weighted by molar-refractivity contribution is 5.86. The van der Waals surface area contributed by atoms with E-state index in [1.165, 1.54) is 18.5 Å². The van der Waals surface area contributed by atoms with Crippen molar-refractivity contribution >= 4 is 22.3 Å². The Hall–Kier alpha value is -4.60. The second-order valence-corrected chi connectivity index (χ2v) is 9.43. The lowest BCUT2D eigenvalue weighted by molar-refractivity contribution is -0.384. The Morgan fingerprint density at radius 2 is 1.80 bits per heavy atom. The maximum absolute atomic E-state index is 13.3. The van der Waals surface area contributed by atoms with Crippen LogP contribution in [0.25, 0.3) is 16.6 Å². The zero-order chi connectivity index (χ0) is 24.5. The molecule has 0 fully saturated rings. The molecule has 3 aromatic heterocycles. The number of nitrogens with zero attached hydrogens (tertiary/aromatic N) is 5. The maximum atomic E-state index is 13.3. The maximum Gasteiger partial charge on any atom is 0.344 e. The first-order valence-electron chi connectivity index (χ1n) is 11.0. The van der Waals surface area contributed by atoms with Crippen molar-refractivity contribution in [3.63, 3.8) is 0 Å². The van der Waals surface area contributed by atoms with Gasteiger partial charge in [-0.15, -0.1) is 5.10 Å². The monoisotopic (exact) mass is 469 g/mol. The van der Waals surface area contributed by atoms with Gasteiger partial charge in [0.15, 0.2) is 17.2 Å². The molecule has 1 aliphatic rings. The van der Waals surface area contributed by atoms with E-state index in [1.807, 2.05) is 32.9 Å². The van der Waals surface area contributed by atoms with E-state index < -0.39 is 16.5 Å². The fourth-order valence-electron chi connectivity index (χ4n) is 4.37. The zero-order valence-corrected chi connectivity index (χ0v) is 19.1. The summed E-state index contributed by atoms with van der Waals surface area (Å²) in [6.45, 7) is 6.01. The summed E-state index contributed by atoms with van der Waals surface area (Å²) in [5.41, 5.74) is 1.39. The number of hydrogen-bond acceptors (Lipinski definition) is 8. The second-order valence-electron chi connectivity index (χ2n) is 9.43. The van der Waals surface area contributed by atoms with Crippen molar-refractivity contribution in [1.29, 1.82) is 0 Å². The van der Waals surface area contributed by atoms with Crippen molar-refractivity contribution in [3.8, 4) is 11.6 Å². The van der Waals surface area contributed by atoms with Crippen LogP contribution in [0.15, 0.2) is 64.1 Å². The molecule has 5 aromatic rings. The van der Waals surface area contributed by atoms with E-state index in [1.54, 1.807) is 28.8 Å². The van der Waals surface area contributed by atoms with Gasteiger partial charge in [0.05, 0.1) is 27.4 Å². The standard InChI is InChI=1S/C25H19N5O5/c1-25(2,3)24-27-21-19-17(13-8-10-14(11-9-13)30(32)33)18-20(35-22(19)26-12-29(21)28-24)15-6-4-5-7-16(15)34-23(18)31/h4-12,17H,1-3H3. The number of rotatable bonds is 2. The molecule has 35 heavy (non-hydrogen) atoms. The molecule has 1 aliphatic heterocycles. The first kappa shape index (κ1) is 21.0. The Kier molecular flexibility index (Phi) is 4.31. The number of benzene rings is 2. The van der Waals surface area contributed by atoms with Gasteiger partial charge in [0.1, 0.15) is 11.9 Å². The van der Waals surface area contributed by atoms with E-state index in [-0.39, 0.29) is 22.5 Å². The lowest BCUT2D eigenvalue weighted by Crippen LogP contribution is -2.22. The largest absolute Gasteiger partial charge is 0.437 e. The van der Waals surface area contributed by atoms with Gasteiger partial charge in [-0.3, -0.25) is 10.1 Å². The molecule has 6 rings (SSSR count). The minimum atomic E-state index is -0.691. The summed E-state index contributed by atoms with van der Waals surface area (Å²) in [5.74, 6) is 0.548. The van der Waals surface area contributed by atoms with E-state index in [0.29, 0.717) is 39.3 Å². The van der Waals surface area contributed by atoms with Gasteiger partial charge in [0, 0.05) is 17.5 Å². The number of hydrogen-bond donors (Lipinski definition) is 0. The summed E-state index contributed by atoms with van der Waals surface area (Å²) < 4.78 is 13.4. The number of nitro benzene ring substituents is 1. The van der Waals surface area contributed by atoms with Crippen LogP contribution >= 0.6 is 0 Å². The molecular weight excluding hydrogens is 450 g/mol. The van der Waals surface area contributed by atoms with Crippen LogP contribution in [-0.2, 0) is 5.41 Å². The lowest BCUT2D eigenvalue weighted by Gasteiger charge is -2.27. The van der Waals surface area contributed by atoms with E-state index in [0.717, 1.165) is 0 Å². The van der Waals surface area contributed by atoms with E-state index in [4.69, 9.17) is 14.1 Å². The predicted molar refractivity (Wildman–Crippen MR) is 126 cm³/mol. The molecule has 0 saturated heterocycles. The number of aromatic nitrogens is 4. The molecule has 10 nitrogen and oxygen atoms in total. The van der Waals surface area contributed by atoms with E-state index in [9.17, 15) is 14.9 Å². The third-order valence-corrected chi connectivity index (χ3v) is 6.07. The predicted octanol–water partition coefficient (Wildman–Crippen LogP) is 4.72. The lowest BCUT2D eigenvalue weighted by atomic mass is 9.84. The highest BCUT2D eigenvalue weighted by Crippen LogP contribution is 2.48. The van der Waals surface area contributed by atoms with Crippen LogP contribution in [-0.4, -0.2) is 24.5 Å². The Morgan fingerprint density at radius 3 is 2.51 bits per heavy atom. The van der Waals surface area contributed by atoms with Gasteiger partial charge in [-0.05, 0) is 17.7 Å². The SMILES string of the molecule is CC(C)(C)c1nc2c3c(ncn2n1)Oc1c(c(=O)oc2ccccc12)C3c1ccc([N+](=O)[O-])cc1. The third-order valence-electron chi connectivity index (χ3n) is 6.07. The molecule has 1 atom stereocenters. The van der Waals surface area contributed by atoms with Crippen LogP contribution in [0.1, 0.15) is 49.2 Å². The molecule has 0 bridgehead atoms. The Morgan fingerprint density at radius 1 is 1.06 bits per heavy atom. The summed E-state index contributed by atoms with van der Waals surface area (Å²) in [6, 6.07) is 13.2. The van der Waals surface area contributed by atoms with Crippen molar-refractivity contribution in [2.75, 3.05) is 0 Å². The van der Waals surface area contributed by atoms with Crippen molar-refractivity contribution in [3.05, 3.63) is 97.9 Å². The third kappa shape index (κ3) is 3.17. The molecule has 0 saturated carbocycles. The molecule has 0 aliphatic carbocycles. The molecule has 0 radical (unpaired) electrons. The summed E-state index contributed by atoms with van der Waals surface area (Å²) >= 11 is 0. The molecule has 2 aromatic carbocycles. The first-order valence-corrected chi connectivity index (χ1v) is 11.0. The highest BCUT2D eigenvalue weighted by Gasteiger charge is 2.38. The Bertz CT molecular complexity index is 1710. The minimum absolute atomic E-state index is 0.0550. The van der Waals surface area contributed by atoms with Gasteiger partial charge in [0.25, 0.3) is 5.69 Å². The minimum Gasteiger partial charge on any atom is -0.437 e. The zero-order valence-electron chi connectivity index (χ0n) is 19.1. The Balaban J connectivity index is 1.70. The van der Waals surface area contributed by atoms with Crippen LogP contribution in [0.3, 0.4) is 0 Å². The fourth-order valence-corrected chi connectivity index (χ4v) is 4.37. The van der Waals surface area contributed by atoms with Gasteiger partial charge >= 0.3 is 5.63 Å². The topological polar surface area (TPSA) is 126 Å². The number of non-ortho nitro benzene ring substituents is 1. The molecule has 4 heterocycles. The van der Waals surface area contributed by atoms with Gasteiger partial charge in [0.2, 0.25) is 5.88 Å². The summed E-state index contributed by atoms with van der Waals surface area (Å²) in [5, 5.41) is 16.5. The van der Waals surface area contributed by atoms with Gasteiger partial charge in [-0.25, -0.2) is 19.3 Å². The first-order chi connectivity index (χ1) is 16.7. The molecule has 10 heteroatoms. The van der Waals surface area contributed by atoms with E-state index in [2.05, 4.69) is 10.1 Å². The average Bonchev–Trinajstić information content (AvgIpc) is 3.28. The van der Waals surface area contributed by atoms with Crippen LogP contribution in [0.5, 0.6) is 11.6 Å². The molecule has 0 N–H and O–H groups in total. The number of para-hydroxylation sites is 1. The fraction of sp³-hybridized carbons (Fsp3) is 0.200. The van der Waals surface area contributed by atoms with E-state index >= 15 is 0 Å². The van der Waals surface area contributed by atoms with Gasteiger partial charge in [-0.2, -0.15) is 0 Å². The molecule has 174 valence electrons. The summed E-state index contributed by atoms with van der Waals surface area (Å²) in [7, 11) is 0. The molecule has 0 amide bonds. The highest BCUT2D eigenvalue weighted by atomic mass is 16.6. The van der Waals surface area contributed by atoms with Gasteiger partial charge in [-0.1, -0.05) is 45.0 Å². The summed E-state index contributed by atoms with van der Waals surface area (Å²) in [6.07, 6.45) is 1.53. The van der Waals surface area contributed by atoms with Crippen molar-refractivity contribution < 1.29 is 14.1 Å². The quantitative estimate of drug-likeness (QED) is 0.203. The number of ether oxygens (including phenoxy) is 1. The number of fused-ring (bicyclic) bond motifs is 6. The van der Waals surface area contributed by atoms with Crippen molar-refractivity contribution in [2.45, 2.75) is 32.1 Å². The van der Waals surface area contributed by atoms with Crippen LogP contribution in [0.4, 0.5) is 5.69 Å².